The van der Waals surface area contributed by atoms with Gasteiger partial charge in [-0.15, -0.1) is 0 Å². The van der Waals surface area contributed by atoms with Crippen LogP contribution in [0, 0.1) is 22.2 Å². The fourth-order valence-corrected chi connectivity index (χ4v) is 10.9. The predicted molar refractivity (Wildman–Crippen MR) is 346 cm³/mol. The Morgan fingerprint density at radius 2 is 0.641 bits per heavy atom. The number of rotatable bonds is 0. The lowest BCUT2D eigenvalue weighted by Gasteiger charge is -2.26. The highest BCUT2D eigenvalue weighted by atomic mass is 14.4. The third-order valence-corrected chi connectivity index (χ3v) is 16.7. The summed E-state index contributed by atoms with van der Waals surface area (Å²) < 4.78 is 0. The summed E-state index contributed by atoms with van der Waals surface area (Å²) in [5, 5.41) is 0. The highest BCUT2D eigenvalue weighted by molar-refractivity contribution is 5.66. The Bertz CT molecular complexity index is 2990. The monoisotopic (exact) mass is 1030 g/mol. The van der Waals surface area contributed by atoms with Gasteiger partial charge in [-0.3, -0.25) is 0 Å². The molecule has 6 aliphatic rings. The molecule has 0 radical (unpaired) electrons. The summed E-state index contributed by atoms with van der Waals surface area (Å²) in [5.74, 6) is 0.838. The highest BCUT2D eigenvalue weighted by Gasteiger charge is 2.31. The standard InChI is InChI=1S/3C13H16.C13H18.2C13H16/c3*1-13(2,3)12-8-7-10-5-4-6-11(10)9-12;3*1-13(2,3)12-8-10-6-4-5-7-11(10)9-12/h4,6-9H,5H2,1-3H3;2*4-5,7-9H,6H2,1-3H3;4-7,12H,8-9H2,1-3H3;2*4-8H,9H2,1-3H3. The smallest absolute Gasteiger partial charge is 0.00526 e. The van der Waals surface area contributed by atoms with Crippen molar-refractivity contribution in [1.29, 1.82) is 0 Å². The molecule has 0 bridgehead atoms. The van der Waals surface area contributed by atoms with E-state index in [9.17, 15) is 0 Å². The van der Waals surface area contributed by atoms with Crippen molar-refractivity contribution >= 4 is 30.4 Å². The van der Waals surface area contributed by atoms with Crippen molar-refractivity contribution in [2.45, 2.75) is 186 Å². The average Bonchev–Trinajstić information content (AvgIpc) is 4.23. The summed E-state index contributed by atoms with van der Waals surface area (Å²) in [4.78, 5) is 0. The van der Waals surface area contributed by atoms with Gasteiger partial charge in [0, 0.05) is 0 Å². The molecule has 410 valence electrons. The Labute approximate surface area is 476 Å². The topological polar surface area (TPSA) is 0 Å². The van der Waals surface area contributed by atoms with Gasteiger partial charge in [-0.2, -0.15) is 0 Å². The van der Waals surface area contributed by atoms with E-state index in [1.54, 1.807) is 22.3 Å². The molecule has 0 saturated heterocycles. The predicted octanol–water partition coefficient (Wildman–Crippen LogP) is 21.5. The molecule has 0 N–H and O–H groups in total. The number of allylic oxidation sites excluding steroid dienone is 5. The molecule has 0 unspecified atom stereocenters. The molecule has 0 atom stereocenters. The van der Waals surface area contributed by atoms with Crippen LogP contribution in [-0.2, 0) is 61.2 Å². The van der Waals surface area contributed by atoms with Gasteiger partial charge in [0.05, 0.1) is 0 Å². The van der Waals surface area contributed by atoms with Gasteiger partial charge >= 0.3 is 0 Å². The zero-order valence-electron chi connectivity index (χ0n) is 51.8. The third kappa shape index (κ3) is 16.1. The van der Waals surface area contributed by atoms with Crippen LogP contribution in [0.15, 0.2) is 157 Å². The Morgan fingerprint density at radius 1 is 0.295 bits per heavy atom. The molecule has 6 aromatic rings. The minimum absolute atomic E-state index is 0.269. The Kier molecular flexibility index (Phi) is 18.5. The first-order valence-electron chi connectivity index (χ1n) is 29.5. The van der Waals surface area contributed by atoms with E-state index in [1.807, 2.05) is 0 Å². The normalized spacial score (nSPS) is 15.4. The number of hydrogen-bond donors (Lipinski definition) is 0. The fourth-order valence-electron chi connectivity index (χ4n) is 10.9. The molecule has 0 fully saturated rings. The van der Waals surface area contributed by atoms with Crippen molar-refractivity contribution in [3.63, 3.8) is 0 Å². The van der Waals surface area contributed by atoms with Gasteiger partial charge in [0.2, 0.25) is 0 Å². The third-order valence-electron chi connectivity index (χ3n) is 16.7. The second-order valence-corrected chi connectivity index (χ2v) is 29.1. The lowest BCUT2D eigenvalue weighted by Crippen LogP contribution is -2.20. The summed E-state index contributed by atoms with van der Waals surface area (Å²) in [7, 11) is 0. The SMILES string of the molecule is CC(C)(C)C1=Cc2ccccc2C1.CC(C)(C)C1=Cc2ccccc2C1.CC(C)(C)C1Cc2ccccc2C1.CC(C)(C)c1ccc2c(c1)C=CC2.CC(C)(C)c1ccc2c(c1)CC=C2.CC(C)(C)c1ccc2c(c1)CC=C2. The zero-order chi connectivity index (χ0) is 56.8. The first-order valence-corrected chi connectivity index (χ1v) is 29.5. The van der Waals surface area contributed by atoms with E-state index in [-0.39, 0.29) is 16.2 Å². The lowest BCUT2D eigenvalue weighted by atomic mass is 9.79. The van der Waals surface area contributed by atoms with Crippen molar-refractivity contribution in [3.8, 4) is 0 Å². The van der Waals surface area contributed by atoms with Crippen LogP contribution in [0.25, 0.3) is 30.4 Å². The maximum absolute atomic E-state index is 2.35. The van der Waals surface area contributed by atoms with Gasteiger partial charge < -0.3 is 0 Å². The first kappa shape index (κ1) is 59.7. The van der Waals surface area contributed by atoms with Crippen LogP contribution >= 0.6 is 0 Å². The van der Waals surface area contributed by atoms with Crippen LogP contribution in [0.1, 0.15) is 208 Å². The summed E-state index contributed by atoms with van der Waals surface area (Å²) in [6, 6.07) is 46.7. The van der Waals surface area contributed by atoms with Crippen LogP contribution in [0.2, 0.25) is 0 Å². The number of fused-ring (bicyclic) bond motifs is 6. The Hall–Kier alpha value is -5.98. The van der Waals surface area contributed by atoms with Crippen molar-refractivity contribution in [2.75, 3.05) is 0 Å². The minimum atomic E-state index is 0.269. The molecule has 0 amide bonds. The molecule has 0 aliphatic heterocycles. The highest BCUT2D eigenvalue weighted by Crippen LogP contribution is 2.40. The number of benzene rings is 6. The molecule has 0 nitrogen and oxygen atoms in total. The molecule has 12 rings (SSSR count). The van der Waals surface area contributed by atoms with E-state index in [0.29, 0.717) is 16.2 Å². The summed E-state index contributed by atoms with van der Waals surface area (Å²) in [5.41, 5.74) is 26.9. The van der Waals surface area contributed by atoms with Gasteiger partial charge in [-0.25, -0.2) is 0 Å². The van der Waals surface area contributed by atoms with Crippen LogP contribution < -0.4 is 0 Å². The molecule has 0 heterocycles. The van der Waals surface area contributed by atoms with Gasteiger partial charge in [0.25, 0.3) is 0 Å². The molecule has 0 spiro atoms. The van der Waals surface area contributed by atoms with Crippen molar-refractivity contribution < 1.29 is 0 Å². The van der Waals surface area contributed by atoms with Crippen LogP contribution in [0.5, 0.6) is 0 Å². The van der Waals surface area contributed by atoms with Crippen molar-refractivity contribution in [2.24, 2.45) is 22.2 Å². The largest absolute Gasteiger partial charge is 0.0795 e. The quantitative estimate of drug-likeness (QED) is 0.142. The maximum Gasteiger partial charge on any atom is -0.00526 e. The van der Waals surface area contributed by atoms with E-state index < -0.39 is 0 Å². The average molecular weight is 1040 g/mol. The second kappa shape index (κ2) is 24.2. The molecule has 78 heavy (non-hydrogen) atoms. The molecular formula is C78H98. The van der Waals surface area contributed by atoms with Crippen molar-refractivity contribution in [1.82, 2.24) is 0 Å². The first-order chi connectivity index (χ1) is 36.4. The summed E-state index contributed by atoms with van der Waals surface area (Å²) in [6.07, 6.45) is 26.2. The molecular weight excluding hydrogens is 937 g/mol. The zero-order valence-corrected chi connectivity index (χ0v) is 51.8. The van der Waals surface area contributed by atoms with E-state index in [0.717, 1.165) is 38.0 Å². The van der Waals surface area contributed by atoms with Gasteiger partial charge in [0.1, 0.15) is 0 Å². The van der Waals surface area contributed by atoms with E-state index in [2.05, 4.69) is 301 Å². The molecule has 6 aromatic carbocycles. The van der Waals surface area contributed by atoms with E-state index >= 15 is 0 Å². The van der Waals surface area contributed by atoms with Crippen LogP contribution in [-0.4, -0.2) is 0 Å². The number of hydrogen-bond acceptors (Lipinski definition) is 0. The van der Waals surface area contributed by atoms with Gasteiger partial charge in [-0.05, 0) is 167 Å². The van der Waals surface area contributed by atoms with Gasteiger partial charge in [-0.1, -0.05) is 312 Å². The van der Waals surface area contributed by atoms with Crippen LogP contribution in [0.4, 0.5) is 0 Å². The van der Waals surface area contributed by atoms with Crippen LogP contribution in [0.3, 0.4) is 0 Å². The molecule has 0 heteroatoms. The van der Waals surface area contributed by atoms with E-state index in [1.165, 1.54) is 85.2 Å². The Morgan fingerprint density at radius 3 is 1.01 bits per heavy atom. The van der Waals surface area contributed by atoms with Gasteiger partial charge in [0.15, 0.2) is 0 Å². The maximum atomic E-state index is 2.35. The van der Waals surface area contributed by atoms with Crippen molar-refractivity contribution in [3.05, 3.63) is 240 Å². The lowest BCUT2D eigenvalue weighted by molar-refractivity contribution is 0.251. The summed E-state index contributed by atoms with van der Waals surface area (Å²) in [6.45, 7) is 41.1. The fraction of sp³-hybridized carbons (Fsp3) is 0.410. The molecule has 0 saturated carbocycles. The molecule has 0 aromatic heterocycles. The second-order valence-electron chi connectivity index (χ2n) is 29.1. The Balaban J connectivity index is 0.000000136. The van der Waals surface area contributed by atoms with E-state index in [4.69, 9.17) is 0 Å². The molecule has 6 aliphatic carbocycles. The minimum Gasteiger partial charge on any atom is -0.0795 e. The summed E-state index contributed by atoms with van der Waals surface area (Å²) >= 11 is 0.